The van der Waals surface area contributed by atoms with Crippen molar-refractivity contribution in [3.05, 3.63) is 53.3 Å². The van der Waals surface area contributed by atoms with Gasteiger partial charge in [0.1, 0.15) is 12.6 Å². The summed E-state index contributed by atoms with van der Waals surface area (Å²) in [5, 5.41) is 2.38. The molecule has 1 aromatic carbocycles. The Kier molecular flexibility index (Phi) is 11.4. The van der Waals surface area contributed by atoms with Gasteiger partial charge in [0.15, 0.2) is 11.4 Å². The predicted octanol–water partition coefficient (Wildman–Crippen LogP) is 2.15. The van der Waals surface area contributed by atoms with Crippen molar-refractivity contribution in [1.29, 1.82) is 0 Å². The van der Waals surface area contributed by atoms with Crippen LogP contribution in [0, 0.1) is 0 Å². The molecule has 0 aliphatic carbocycles. The average molecular weight is 563 g/mol. The lowest BCUT2D eigenvalue weighted by Gasteiger charge is -2.18. The van der Waals surface area contributed by atoms with Crippen molar-refractivity contribution in [1.82, 2.24) is 19.9 Å². The van der Waals surface area contributed by atoms with Crippen LogP contribution in [0.5, 0.6) is 5.75 Å². The summed E-state index contributed by atoms with van der Waals surface area (Å²) >= 11 is 0. The van der Waals surface area contributed by atoms with E-state index >= 15 is 0 Å². The Hall–Kier alpha value is -4.00. The maximum Gasteiger partial charge on any atom is 0.325 e. The van der Waals surface area contributed by atoms with Crippen LogP contribution >= 0.6 is 0 Å². The fraction of sp³-hybridized carbons (Fsp3) is 0.423. The topological polar surface area (TPSA) is 161 Å². The molecule has 39 heavy (non-hydrogen) atoms. The first-order chi connectivity index (χ1) is 18.5. The molecule has 2 aromatic rings. The van der Waals surface area contributed by atoms with E-state index in [0.717, 1.165) is 12.3 Å². The number of carbonyl (C=O) groups excluding carboxylic acids is 4. The number of aromatic nitrogens is 1. The number of nitrogens with zero attached hydrogens (tertiary/aromatic N) is 2. The zero-order valence-corrected chi connectivity index (χ0v) is 23.5. The predicted molar refractivity (Wildman–Crippen MR) is 142 cm³/mol. The van der Waals surface area contributed by atoms with Crippen molar-refractivity contribution in [2.24, 2.45) is 0 Å². The van der Waals surface area contributed by atoms with Crippen molar-refractivity contribution in [3.8, 4) is 5.75 Å². The number of hydrogen-bond acceptors (Lipinski definition) is 9. The van der Waals surface area contributed by atoms with Gasteiger partial charge in [0.25, 0.3) is 27.7 Å². The first kappa shape index (κ1) is 31.2. The van der Waals surface area contributed by atoms with Gasteiger partial charge in [0.2, 0.25) is 0 Å². The number of esters is 1. The van der Waals surface area contributed by atoms with E-state index in [1.54, 1.807) is 4.90 Å². The standard InChI is InChI=1S/C26H34N4O8S/c1-6-19(7-2)38-22(31)16-28-25(33)23-21(37-5)14-18(15-27-23)24(32)29-39(35,36)20-12-10-17(11-13-20)26(34)30(8-3)9-4/h10-15,19H,6-9,16H2,1-5H3,(H,28,33)(H,29,32). The monoisotopic (exact) mass is 562 g/mol. The minimum absolute atomic E-state index is 0.106. The van der Waals surface area contributed by atoms with E-state index in [9.17, 15) is 27.6 Å². The smallest absolute Gasteiger partial charge is 0.325 e. The third kappa shape index (κ3) is 8.24. The second-order valence-electron chi connectivity index (χ2n) is 8.32. The zero-order chi connectivity index (χ0) is 29.2. The maximum absolute atomic E-state index is 12.8. The van der Waals surface area contributed by atoms with Crippen LogP contribution in [-0.2, 0) is 19.6 Å². The summed E-state index contributed by atoms with van der Waals surface area (Å²) in [7, 11) is -3.04. The van der Waals surface area contributed by atoms with Crippen molar-refractivity contribution < 1.29 is 37.1 Å². The minimum atomic E-state index is -4.28. The van der Waals surface area contributed by atoms with E-state index in [4.69, 9.17) is 9.47 Å². The van der Waals surface area contributed by atoms with E-state index in [1.165, 1.54) is 31.4 Å². The SMILES string of the molecule is CCC(CC)OC(=O)CNC(=O)c1ncc(C(=O)NS(=O)(=O)c2ccc(C(=O)N(CC)CC)cc2)cc1OC. The van der Waals surface area contributed by atoms with E-state index in [-0.39, 0.29) is 40.5 Å². The third-order valence-corrected chi connectivity index (χ3v) is 7.19. The Labute approximate surface area is 228 Å². The number of sulfonamides is 1. The highest BCUT2D eigenvalue weighted by Gasteiger charge is 2.23. The molecule has 0 saturated carbocycles. The van der Waals surface area contributed by atoms with Gasteiger partial charge in [-0.05, 0) is 57.0 Å². The Balaban J connectivity index is 2.12. The van der Waals surface area contributed by atoms with Crippen LogP contribution in [0.4, 0.5) is 0 Å². The lowest BCUT2D eigenvalue weighted by atomic mass is 10.2. The van der Waals surface area contributed by atoms with Crippen LogP contribution in [0.2, 0.25) is 0 Å². The summed E-state index contributed by atoms with van der Waals surface area (Å²) in [6.07, 6.45) is 2.05. The van der Waals surface area contributed by atoms with Crippen LogP contribution in [0.25, 0.3) is 0 Å². The number of rotatable bonds is 13. The molecule has 12 nitrogen and oxygen atoms in total. The number of benzene rings is 1. The summed E-state index contributed by atoms with van der Waals surface area (Å²) in [6, 6.07) is 6.36. The van der Waals surface area contributed by atoms with Crippen molar-refractivity contribution in [2.75, 3.05) is 26.7 Å². The van der Waals surface area contributed by atoms with Gasteiger partial charge in [0, 0.05) is 24.8 Å². The molecule has 212 valence electrons. The summed E-state index contributed by atoms with van der Waals surface area (Å²) in [5.74, 6) is -2.71. The number of methoxy groups -OCH3 is 1. The lowest BCUT2D eigenvalue weighted by molar-refractivity contribution is -0.148. The van der Waals surface area contributed by atoms with Gasteiger partial charge >= 0.3 is 5.97 Å². The molecule has 0 spiro atoms. The number of nitrogens with one attached hydrogen (secondary N) is 2. The minimum Gasteiger partial charge on any atom is -0.494 e. The molecule has 2 rings (SSSR count). The van der Waals surface area contributed by atoms with Crippen molar-refractivity contribution in [2.45, 2.75) is 51.5 Å². The number of amides is 3. The highest BCUT2D eigenvalue weighted by atomic mass is 32.2. The molecule has 0 unspecified atom stereocenters. The van der Waals surface area contributed by atoms with Gasteiger partial charge in [-0.3, -0.25) is 19.2 Å². The molecule has 2 N–H and O–H groups in total. The number of ether oxygens (including phenoxy) is 2. The van der Waals surface area contributed by atoms with Crippen LogP contribution in [0.3, 0.4) is 0 Å². The Bertz CT molecular complexity index is 1290. The number of pyridine rings is 1. The summed E-state index contributed by atoms with van der Waals surface area (Å²) in [5.41, 5.74) is -0.0790. The molecule has 0 bridgehead atoms. The molecular weight excluding hydrogens is 528 g/mol. The molecule has 3 amide bonds. The first-order valence-corrected chi connectivity index (χ1v) is 14.0. The second kappa shape index (κ2) is 14.2. The van der Waals surface area contributed by atoms with E-state index < -0.39 is 27.8 Å². The fourth-order valence-corrected chi connectivity index (χ4v) is 4.50. The molecule has 0 atom stereocenters. The highest BCUT2D eigenvalue weighted by Crippen LogP contribution is 2.19. The van der Waals surface area contributed by atoms with Crippen LogP contribution < -0.4 is 14.8 Å². The zero-order valence-electron chi connectivity index (χ0n) is 22.6. The van der Waals surface area contributed by atoms with Crippen LogP contribution in [0.15, 0.2) is 41.4 Å². The second-order valence-corrected chi connectivity index (χ2v) is 10.0. The van der Waals surface area contributed by atoms with E-state index in [2.05, 4.69) is 10.3 Å². The third-order valence-electron chi connectivity index (χ3n) is 5.84. The van der Waals surface area contributed by atoms with E-state index in [1.807, 2.05) is 32.4 Å². The molecule has 0 radical (unpaired) electrons. The molecule has 0 aliphatic heterocycles. The highest BCUT2D eigenvalue weighted by molar-refractivity contribution is 7.90. The van der Waals surface area contributed by atoms with E-state index in [0.29, 0.717) is 31.5 Å². The van der Waals surface area contributed by atoms with Gasteiger partial charge in [0.05, 0.1) is 17.6 Å². The first-order valence-electron chi connectivity index (χ1n) is 12.5. The van der Waals surface area contributed by atoms with Crippen molar-refractivity contribution in [3.63, 3.8) is 0 Å². The number of carbonyl (C=O) groups is 4. The normalized spacial score (nSPS) is 11.0. The van der Waals surface area contributed by atoms with Gasteiger partial charge in [-0.2, -0.15) is 0 Å². The average Bonchev–Trinajstić information content (AvgIpc) is 2.94. The number of hydrogen-bond donors (Lipinski definition) is 2. The Morgan fingerprint density at radius 1 is 0.949 bits per heavy atom. The molecule has 1 aromatic heterocycles. The molecule has 0 saturated heterocycles. The summed E-state index contributed by atoms with van der Waals surface area (Å²) in [4.78, 5) is 54.9. The van der Waals surface area contributed by atoms with Crippen LogP contribution in [0.1, 0.15) is 71.7 Å². The van der Waals surface area contributed by atoms with Gasteiger partial charge in [-0.1, -0.05) is 13.8 Å². The Morgan fingerprint density at radius 2 is 1.56 bits per heavy atom. The van der Waals surface area contributed by atoms with Crippen molar-refractivity contribution >= 4 is 33.7 Å². The lowest BCUT2D eigenvalue weighted by Crippen LogP contribution is -2.33. The fourth-order valence-electron chi connectivity index (χ4n) is 3.52. The summed E-state index contributed by atoms with van der Waals surface area (Å²) in [6.45, 7) is 8.06. The molecule has 0 aliphatic rings. The van der Waals surface area contributed by atoms with Gasteiger partial charge < -0.3 is 19.7 Å². The quantitative estimate of drug-likeness (QED) is 0.349. The van der Waals surface area contributed by atoms with Gasteiger partial charge in [-0.15, -0.1) is 0 Å². The van der Waals surface area contributed by atoms with Crippen LogP contribution in [-0.4, -0.2) is 74.8 Å². The largest absolute Gasteiger partial charge is 0.494 e. The maximum atomic E-state index is 12.8. The van der Waals surface area contributed by atoms with Gasteiger partial charge in [-0.25, -0.2) is 18.1 Å². The molecule has 1 heterocycles. The molecule has 13 heteroatoms. The summed E-state index contributed by atoms with van der Waals surface area (Å²) < 4.78 is 37.8. The molecule has 0 fully saturated rings. The molecular formula is C26H34N4O8S. The Morgan fingerprint density at radius 3 is 2.10 bits per heavy atom.